The summed E-state index contributed by atoms with van der Waals surface area (Å²) in [7, 11) is 1.63. The number of hydrogen-bond donors (Lipinski definition) is 2. The normalized spacial score (nSPS) is 10.9. The summed E-state index contributed by atoms with van der Waals surface area (Å²) in [4.78, 5) is 16.4. The summed E-state index contributed by atoms with van der Waals surface area (Å²) in [5, 5.41) is 21.9. The molecule has 37 heavy (non-hydrogen) atoms. The molecule has 180 valence electrons. The molecule has 9 heteroatoms. The van der Waals surface area contributed by atoms with Gasteiger partial charge in [-0.05, 0) is 60.7 Å². The molecule has 1 amide bonds. The van der Waals surface area contributed by atoms with E-state index >= 15 is 0 Å². The van der Waals surface area contributed by atoms with Gasteiger partial charge in [-0.15, -0.1) is 15.3 Å². The first kappa shape index (κ1) is 22.2. The van der Waals surface area contributed by atoms with Crippen LogP contribution in [0, 0.1) is 0 Å². The Labute approximate surface area is 211 Å². The first-order valence-corrected chi connectivity index (χ1v) is 11.6. The maximum atomic E-state index is 12.4. The molecule has 0 atom stereocenters. The Morgan fingerprint density at radius 1 is 0.811 bits per heavy atom. The molecule has 6 rings (SSSR count). The zero-order chi connectivity index (χ0) is 25.2. The van der Waals surface area contributed by atoms with Gasteiger partial charge in [-0.3, -0.25) is 9.78 Å². The molecule has 3 aromatic heterocycles. The molecule has 9 nitrogen and oxygen atoms in total. The molecular weight excluding hydrogens is 466 g/mol. The number of anilines is 3. The average Bonchev–Trinajstić information content (AvgIpc) is 3.39. The van der Waals surface area contributed by atoms with Crippen LogP contribution in [-0.2, 0) is 0 Å². The van der Waals surface area contributed by atoms with Crippen molar-refractivity contribution >= 4 is 39.5 Å². The molecule has 6 aromatic rings. The number of benzene rings is 3. The first-order chi connectivity index (χ1) is 18.2. The van der Waals surface area contributed by atoms with Crippen molar-refractivity contribution in [1.82, 2.24) is 24.8 Å². The van der Waals surface area contributed by atoms with Crippen LogP contribution in [0.4, 0.5) is 17.2 Å². The highest BCUT2D eigenvalue weighted by Gasteiger charge is 2.16. The number of nitrogens with one attached hydrogen (secondary N) is 2. The fourth-order valence-electron chi connectivity index (χ4n) is 4.07. The van der Waals surface area contributed by atoms with Crippen molar-refractivity contribution in [2.75, 3.05) is 17.7 Å². The first-order valence-electron chi connectivity index (χ1n) is 11.6. The van der Waals surface area contributed by atoms with E-state index in [9.17, 15) is 4.79 Å². The van der Waals surface area contributed by atoms with E-state index in [2.05, 4.69) is 25.8 Å². The zero-order valence-corrected chi connectivity index (χ0v) is 19.8. The van der Waals surface area contributed by atoms with Crippen molar-refractivity contribution in [2.45, 2.75) is 0 Å². The van der Waals surface area contributed by atoms with Gasteiger partial charge in [0.05, 0.1) is 7.11 Å². The molecule has 0 saturated carbocycles. The van der Waals surface area contributed by atoms with Crippen LogP contribution < -0.4 is 15.4 Å². The van der Waals surface area contributed by atoms with Gasteiger partial charge in [-0.2, -0.15) is 4.52 Å². The van der Waals surface area contributed by atoms with E-state index in [0.717, 1.165) is 27.8 Å². The lowest BCUT2D eigenvalue weighted by atomic mass is 10.1. The number of pyridine rings is 1. The molecule has 0 unspecified atom stereocenters. The van der Waals surface area contributed by atoms with E-state index in [1.54, 1.807) is 36.2 Å². The maximum absolute atomic E-state index is 12.4. The van der Waals surface area contributed by atoms with Gasteiger partial charge in [0.1, 0.15) is 5.75 Å². The molecule has 0 spiro atoms. The number of carbonyl (C=O) groups is 1. The highest BCUT2D eigenvalue weighted by Crippen LogP contribution is 2.30. The van der Waals surface area contributed by atoms with Gasteiger partial charge in [0.15, 0.2) is 17.3 Å². The predicted molar refractivity (Wildman–Crippen MR) is 142 cm³/mol. The Kier molecular flexibility index (Phi) is 5.62. The number of carbonyl (C=O) groups excluding carboxylic acids is 1. The second-order valence-electron chi connectivity index (χ2n) is 8.27. The van der Waals surface area contributed by atoms with Gasteiger partial charge in [0.25, 0.3) is 5.91 Å². The fourth-order valence-corrected chi connectivity index (χ4v) is 4.07. The summed E-state index contributed by atoms with van der Waals surface area (Å²) in [6, 6.07) is 26.3. The molecule has 0 radical (unpaired) electrons. The monoisotopic (exact) mass is 487 g/mol. The van der Waals surface area contributed by atoms with E-state index in [4.69, 9.17) is 9.84 Å². The molecule has 3 heterocycles. The van der Waals surface area contributed by atoms with Crippen molar-refractivity contribution in [3.8, 4) is 17.1 Å². The highest BCUT2D eigenvalue weighted by atomic mass is 16.5. The minimum atomic E-state index is -0.195. The predicted octanol–water partition coefficient (Wildman–Crippen LogP) is 5.34. The molecule has 0 aliphatic rings. The Bertz CT molecular complexity index is 1710. The smallest absolute Gasteiger partial charge is 0.255 e. The summed E-state index contributed by atoms with van der Waals surface area (Å²) < 4.78 is 7.02. The van der Waals surface area contributed by atoms with Crippen LogP contribution in [0.3, 0.4) is 0 Å². The second kappa shape index (κ2) is 9.38. The Morgan fingerprint density at radius 2 is 1.51 bits per heavy atom. The van der Waals surface area contributed by atoms with Gasteiger partial charge >= 0.3 is 0 Å². The topological polar surface area (TPSA) is 106 Å². The minimum Gasteiger partial charge on any atom is -0.497 e. The van der Waals surface area contributed by atoms with Crippen LogP contribution in [0.2, 0.25) is 0 Å². The number of methoxy groups -OCH3 is 1. The van der Waals surface area contributed by atoms with Gasteiger partial charge in [0.2, 0.25) is 0 Å². The zero-order valence-electron chi connectivity index (χ0n) is 19.8. The highest BCUT2D eigenvalue weighted by molar-refractivity contribution is 6.04. The quantitative estimate of drug-likeness (QED) is 0.326. The molecule has 0 aliphatic carbocycles. The van der Waals surface area contributed by atoms with Crippen molar-refractivity contribution < 1.29 is 9.53 Å². The third kappa shape index (κ3) is 4.30. The van der Waals surface area contributed by atoms with Gasteiger partial charge in [-0.25, -0.2) is 0 Å². The van der Waals surface area contributed by atoms with Crippen molar-refractivity contribution in [3.63, 3.8) is 0 Å². The van der Waals surface area contributed by atoms with Crippen LogP contribution in [0.1, 0.15) is 10.4 Å². The maximum Gasteiger partial charge on any atom is 0.255 e. The Balaban J connectivity index is 1.33. The van der Waals surface area contributed by atoms with E-state index in [1.165, 1.54) is 0 Å². The lowest BCUT2D eigenvalue weighted by Crippen LogP contribution is -2.11. The van der Waals surface area contributed by atoms with E-state index in [-0.39, 0.29) is 5.91 Å². The Hall–Kier alpha value is -5.31. The van der Waals surface area contributed by atoms with Crippen molar-refractivity contribution in [2.24, 2.45) is 0 Å². The molecular formula is C28H21N7O2. The number of ether oxygens (including phenoxy) is 1. The van der Waals surface area contributed by atoms with Gasteiger partial charge in [-0.1, -0.05) is 24.3 Å². The molecule has 2 N–H and O–H groups in total. The number of nitrogens with zero attached hydrogens (tertiary/aromatic N) is 5. The number of aromatic nitrogens is 5. The van der Waals surface area contributed by atoms with E-state index < -0.39 is 0 Å². The van der Waals surface area contributed by atoms with Gasteiger partial charge < -0.3 is 15.4 Å². The van der Waals surface area contributed by atoms with Crippen molar-refractivity contribution in [3.05, 3.63) is 103 Å². The van der Waals surface area contributed by atoms with Crippen LogP contribution in [-0.4, -0.2) is 37.8 Å². The summed E-state index contributed by atoms with van der Waals surface area (Å²) in [6.07, 6.45) is 3.18. The summed E-state index contributed by atoms with van der Waals surface area (Å²) in [5.41, 5.74) is 3.58. The minimum absolute atomic E-state index is 0.195. The van der Waals surface area contributed by atoms with E-state index in [0.29, 0.717) is 28.5 Å². The summed E-state index contributed by atoms with van der Waals surface area (Å²) >= 11 is 0. The van der Waals surface area contributed by atoms with Gasteiger partial charge in [0, 0.05) is 45.7 Å². The van der Waals surface area contributed by atoms with E-state index in [1.807, 2.05) is 72.8 Å². The number of amides is 1. The number of rotatable bonds is 6. The molecule has 0 saturated heterocycles. The molecule has 0 bridgehead atoms. The summed E-state index contributed by atoms with van der Waals surface area (Å²) in [6.45, 7) is 0. The molecule has 3 aromatic carbocycles. The largest absolute Gasteiger partial charge is 0.497 e. The van der Waals surface area contributed by atoms with Crippen LogP contribution in [0.15, 0.2) is 97.3 Å². The number of fused-ring (bicyclic) bond motifs is 3. The molecule has 0 fully saturated rings. The van der Waals surface area contributed by atoms with Crippen LogP contribution >= 0.6 is 0 Å². The standard InChI is InChI=1S/C28H21N7O2/c1-37-22-12-6-18(7-13-22)26-32-33-27-24-5-3-2-4-23(24)25(34-35(26)27)30-20-8-10-21(11-9-20)31-28(36)19-14-16-29-17-15-19/h2-17H,1H3,(H,30,34)(H,31,36). The lowest BCUT2D eigenvalue weighted by molar-refractivity contribution is 0.102. The third-order valence-corrected chi connectivity index (χ3v) is 5.96. The fraction of sp³-hybridized carbons (Fsp3) is 0.0357. The number of hydrogen-bond acceptors (Lipinski definition) is 7. The second-order valence-corrected chi connectivity index (χ2v) is 8.27. The van der Waals surface area contributed by atoms with Crippen molar-refractivity contribution in [1.29, 1.82) is 0 Å². The lowest BCUT2D eigenvalue weighted by Gasteiger charge is -2.12. The molecule has 0 aliphatic heterocycles. The SMILES string of the molecule is COc1ccc(-c2nnc3c4ccccc4c(Nc4ccc(NC(=O)c5ccncc5)cc4)nn23)cc1. The summed E-state index contributed by atoms with van der Waals surface area (Å²) in [5.74, 6) is 1.85. The average molecular weight is 488 g/mol. The third-order valence-electron chi connectivity index (χ3n) is 5.96. The van der Waals surface area contributed by atoms with Crippen LogP contribution in [0.25, 0.3) is 27.8 Å². The Morgan fingerprint density at radius 3 is 2.24 bits per heavy atom. The van der Waals surface area contributed by atoms with Crippen LogP contribution in [0.5, 0.6) is 5.75 Å².